The summed E-state index contributed by atoms with van der Waals surface area (Å²) in [4.78, 5) is 16.8. The van der Waals surface area contributed by atoms with Crippen molar-refractivity contribution >= 4 is 22.4 Å². The number of aromatic nitrogens is 3. The predicted molar refractivity (Wildman–Crippen MR) is 93.7 cm³/mol. The number of nitrogens with one attached hydrogen (secondary N) is 2. The van der Waals surface area contributed by atoms with Gasteiger partial charge in [-0.3, -0.25) is 9.89 Å². The lowest BCUT2D eigenvalue weighted by atomic mass is 10.0. The van der Waals surface area contributed by atoms with E-state index in [1.807, 2.05) is 66.7 Å². The van der Waals surface area contributed by atoms with Crippen LogP contribution in [0.1, 0.15) is 10.4 Å². The number of hydrogen-bond acceptors (Lipinski definition) is 3. The molecule has 1 heterocycles. The number of benzene rings is 3. The first-order valence-electron chi connectivity index (χ1n) is 7.56. The van der Waals surface area contributed by atoms with Gasteiger partial charge in [0.25, 0.3) is 5.91 Å². The van der Waals surface area contributed by atoms with Crippen LogP contribution < -0.4 is 5.32 Å². The molecule has 0 atom stereocenters. The fourth-order valence-electron chi connectivity index (χ4n) is 2.71. The van der Waals surface area contributed by atoms with Crippen LogP contribution in [0.4, 0.5) is 5.69 Å². The molecule has 0 radical (unpaired) electrons. The summed E-state index contributed by atoms with van der Waals surface area (Å²) in [5.41, 5.74) is 2.23. The van der Waals surface area contributed by atoms with E-state index in [9.17, 15) is 4.79 Å². The predicted octanol–water partition coefficient (Wildman–Crippen LogP) is 3.88. The molecule has 1 amide bonds. The number of fused-ring (bicyclic) bond motifs is 1. The van der Waals surface area contributed by atoms with Crippen molar-refractivity contribution < 1.29 is 4.79 Å². The number of hydrogen-bond donors (Lipinski definition) is 2. The Morgan fingerprint density at radius 2 is 1.79 bits per heavy atom. The van der Waals surface area contributed by atoms with Crippen LogP contribution in [0.3, 0.4) is 0 Å². The summed E-state index contributed by atoms with van der Waals surface area (Å²) in [6.45, 7) is 0. The molecule has 5 nitrogen and oxygen atoms in total. The van der Waals surface area contributed by atoms with Crippen molar-refractivity contribution in [2.45, 2.75) is 0 Å². The van der Waals surface area contributed by atoms with Gasteiger partial charge in [0.15, 0.2) is 5.82 Å². The zero-order valence-corrected chi connectivity index (χ0v) is 12.7. The molecule has 3 aromatic carbocycles. The van der Waals surface area contributed by atoms with Gasteiger partial charge in [-0.15, -0.1) is 0 Å². The Morgan fingerprint density at radius 3 is 2.67 bits per heavy atom. The lowest BCUT2D eigenvalue weighted by Crippen LogP contribution is -2.12. The van der Waals surface area contributed by atoms with Gasteiger partial charge in [0.2, 0.25) is 0 Å². The summed E-state index contributed by atoms with van der Waals surface area (Å²) in [7, 11) is 0. The van der Waals surface area contributed by atoms with Gasteiger partial charge >= 0.3 is 0 Å². The molecule has 0 bridgehead atoms. The third kappa shape index (κ3) is 2.63. The maximum atomic E-state index is 12.7. The summed E-state index contributed by atoms with van der Waals surface area (Å²) in [5.74, 6) is 0.526. The van der Waals surface area contributed by atoms with Crippen molar-refractivity contribution in [1.82, 2.24) is 15.2 Å². The molecule has 2 N–H and O–H groups in total. The third-order valence-electron chi connectivity index (χ3n) is 3.84. The van der Waals surface area contributed by atoms with Crippen LogP contribution in [-0.4, -0.2) is 21.1 Å². The lowest BCUT2D eigenvalue weighted by molar-refractivity contribution is 0.102. The second-order valence-corrected chi connectivity index (χ2v) is 5.40. The van der Waals surface area contributed by atoms with Crippen LogP contribution >= 0.6 is 0 Å². The summed E-state index contributed by atoms with van der Waals surface area (Å²) >= 11 is 0. The van der Waals surface area contributed by atoms with Crippen molar-refractivity contribution in [1.29, 1.82) is 0 Å². The van der Waals surface area contributed by atoms with Gasteiger partial charge in [-0.2, -0.15) is 5.10 Å². The van der Waals surface area contributed by atoms with Crippen molar-refractivity contribution in [3.8, 4) is 11.4 Å². The maximum Gasteiger partial charge on any atom is 0.256 e. The van der Waals surface area contributed by atoms with Crippen molar-refractivity contribution in [2.75, 3.05) is 5.32 Å². The molecule has 24 heavy (non-hydrogen) atoms. The van der Waals surface area contributed by atoms with Crippen molar-refractivity contribution in [3.05, 3.63) is 78.6 Å². The SMILES string of the molecule is O=C(Nc1cccc(-c2ncn[nH]2)c1)c1cccc2ccccc12. The highest BCUT2D eigenvalue weighted by atomic mass is 16.1. The molecule has 0 aliphatic rings. The number of carbonyl (C=O) groups is 1. The Bertz CT molecular complexity index is 1000. The summed E-state index contributed by atoms with van der Waals surface area (Å²) in [5, 5.41) is 11.6. The van der Waals surface area contributed by atoms with Gasteiger partial charge in [0.1, 0.15) is 6.33 Å². The molecule has 0 spiro atoms. The fraction of sp³-hybridized carbons (Fsp3) is 0. The standard InChI is InChI=1S/C19H14N4O/c24-19(17-10-4-6-13-5-1-2-9-16(13)17)22-15-8-3-7-14(11-15)18-20-12-21-23-18/h1-12H,(H,22,24)(H,20,21,23). The van der Waals surface area contributed by atoms with E-state index in [1.54, 1.807) is 0 Å². The largest absolute Gasteiger partial charge is 0.322 e. The van der Waals surface area contributed by atoms with E-state index in [1.165, 1.54) is 6.33 Å². The van der Waals surface area contributed by atoms with E-state index in [0.29, 0.717) is 17.1 Å². The Kier molecular flexibility index (Phi) is 3.51. The van der Waals surface area contributed by atoms with Gasteiger partial charge in [-0.25, -0.2) is 4.98 Å². The molecule has 116 valence electrons. The minimum atomic E-state index is -0.137. The second-order valence-electron chi connectivity index (χ2n) is 5.40. The summed E-state index contributed by atoms with van der Waals surface area (Å²) < 4.78 is 0. The number of nitrogens with zero attached hydrogens (tertiary/aromatic N) is 2. The second kappa shape index (κ2) is 5.96. The number of rotatable bonds is 3. The molecule has 0 aliphatic carbocycles. The Labute approximate surface area is 138 Å². The first-order valence-corrected chi connectivity index (χ1v) is 7.56. The zero-order chi connectivity index (χ0) is 16.4. The topological polar surface area (TPSA) is 70.7 Å². The molecule has 0 aliphatic heterocycles. The number of H-pyrrole nitrogens is 1. The molecule has 4 rings (SSSR count). The van der Waals surface area contributed by atoms with Crippen LogP contribution in [0.25, 0.3) is 22.2 Å². The zero-order valence-electron chi connectivity index (χ0n) is 12.7. The molecule has 0 saturated carbocycles. The van der Waals surface area contributed by atoms with Crippen LogP contribution in [0, 0.1) is 0 Å². The normalized spacial score (nSPS) is 10.7. The minimum absolute atomic E-state index is 0.137. The molecule has 5 heteroatoms. The van der Waals surface area contributed by atoms with E-state index in [-0.39, 0.29) is 5.91 Å². The molecule has 0 unspecified atom stereocenters. The monoisotopic (exact) mass is 314 g/mol. The number of anilines is 1. The number of carbonyl (C=O) groups excluding carboxylic acids is 1. The molecule has 0 fully saturated rings. The van der Waals surface area contributed by atoms with E-state index in [4.69, 9.17) is 0 Å². The van der Waals surface area contributed by atoms with Crippen LogP contribution in [0.5, 0.6) is 0 Å². The highest BCUT2D eigenvalue weighted by Crippen LogP contribution is 2.22. The van der Waals surface area contributed by atoms with E-state index in [2.05, 4.69) is 20.5 Å². The number of amides is 1. The van der Waals surface area contributed by atoms with Gasteiger partial charge < -0.3 is 5.32 Å². The highest BCUT2D eigenvalue weighted by Gasteiger charge is 2.10. The molecular weight excluding hydrogens is 300 g/mol. The highest BCUT2D eigenvalue weighted by molar-refractivity contribution is 6.13. The fourth-order valence-corrected chi connectivity index (χ4v) is 2.71. The first-order chi connectivity index (χ1) is 11.8. The molecule has 0 saturated heterocycles. The van der Waals surface area contributed by atoms with E-state index in [0.717, 1.165) is 16.3 Å². The van der Waals surface area contributed by atoms with Gasteiger partial charge in [-0.05, 0) is 29.0 Å². The van der Waals surface area contributed by atoms with Gasteiger partial charge in [-0.1, -0.05) is 48.5 Å². The smallest absolute Gasteiger partial charge is 0.256 e. The van der Waals surface area contributed by atoms with Crippen LogP contribution in [0.2, 0.25) is 0 Å². The quantitative estimate of drug-likeness (QED) is 0.603. The van der Waals surface area contributed by atoms with Crippen LogP contribution in [0.15, 0.2) is 73.1 Å². The maximum absolute atomic E-state index is 12.7. The minimum Gasteiger partial charge on any atom is -0.322 e. The van der Waals surface area contributed by atoms with Crippen molar-refractivity contribution in [3.63, 3.8) is 0 Å². The summed E-state index contributed by atoms with van der Waals surface area (Å²) in [6.07, 6.45) is 1.46. The lowest BCUT2D eigenvalue weighted by Gasteiger charge is -2.09. The Morgan fingerprint density at radius 1 is 0.958 bits per heavy atom. The average Bonchev–Trinajstić information content (AvgIpc) is 3.16. The van der Waals surface area contributed by atoms with Crippen LogP contribution in [-0.2, 0) is 0 Å². The van der Waals surface area contributed by atoms with E-state index >= 15 is 0 Å². The average molecular weight is 314 g/mol. The van der Waals surface area contributed by atoms with Crippen molar-refractivity contribution in [2.24, 2.45) is 0 Å². The van der Waals surface area contributed by atoms with Gasteiger partial charge in [0.05, 0.1) is 0 Å². The third-order valence-corrected chi connectivity index (χ3v) is 3.84. The van der Waals surface area contributed by atoms with Gasteiger partial charge in [0, 0.05) is 16.8 Å². The first kappa shape index (κ1) is 14.1. The molecular formula is C19H14N4O. The Balaban J connectivity index is 1.66. The summed E-state index contributed by atoms with van der Waals surface area (Å²) in [6, 6.07) is 21.1. The molecule has 1 aromatic heterocycles. The number of aromatic amines is 1. The Hall–Kier alpha value is -3.47. The molecule has 4 aromatic rings. The van der Waals surface area contributed by atoms with E-state index < -0.39 is 0 Å².